The van der Waals surface area contributed by atoms with Crippen LogP contribution in [0.25, 0.3) is 0 Å². The minimum atomic E-state index is -4.20. The van der Waals surface area contributed by atoms with Crippen molar-refractivity contribution in [2.75, 3.05) is 0 Å². The van der Waals surface area contributed by atoms with Crippen molar-refractivity contribution >= 4 is 10.0 Å². The van der Waals surface area contributed by atoms with Gasteiger partial charge in [-0.1, -0.05) is 5.16 Å². The van der Waals surface area contributed by atoms with Gasteiger partial charge in [0.15, 0.2) is 5.76 Å². The Morgan fingerprint density at radius 2 is 1.76 bits per heavy atom. The maximum atomic E-state index is 12.6. The number of nitrogens with one attached hydrogen (secondary N) is 1. The maximum Gasteiger partial charge on any atom is 0.391 e. The van der Waals surface area contributed by atoms with Gasteiger partial charge in [-0.3, -0.25) is 0 Å². The van der Waals surface area contributed by atoms with Gasteiger partial charge in [0.1, 0.15) is 10.6 Å². The molecule has 1 aliphatic rings. The smallest absolute Gasteiger partial charge is 0.360 e. The lowest BCUT2D eigenvalue weighted by Crippen LogP contribution is -2.40. The molecule has 0 saturated heterocycles. The number of hydrogen-bond acceptors (Lipinski definition) is 4. The molecule has 0 atom stereocenters. The summed E-state index contributed by atoms with van der Waals surface area (Å²) in [6.45, 7) is 2.99. The van der Waals surface area contributed by atoms with Crippen molar-refractivity contribution in [3.8, 4) is 0 Å². The van der Waals surface area contributed by atoms with Gasteiger partial charge in [-0.05, 0) is 39.5 Å². The normalized spacial score (nSPS) is 24.2. The first kappa shape index (κ1) is 16.3. The quantitative estimate of drug-likeness (QED) is 0.927. The van der Waals surface area contributed by atoms with E-state index < -0.39 is 28.2 Å². The van der Waals surface area contributed by atoms with Crippen molar-refractivity contribution in [2.24, 2.45) is 5.92 Å². The van der Waals surface area contributed by atoms with Crippen LogP contribution in [-0.4, -0.2) is 25.8 Å². The molecular weight excluding hydrogens is 309 g/mol. The summed E-state index contributed by atoms with van der Waals surface area (Å²) in [7, 11) is -3.82. The number of aromatic nitrogens is 1. The second-order valence-corrected chi connectivity index (χ2v) is 7.02. The Bertz CT molecular complexity index is 582. The van der Waals surface area contributed by atoms with E-state index in [4.69, 9.17) is 4.52 Å². The highest BCUT2D eigenvalue weighted by molar-refractivity contribution is 7.89. The Kier molecular flexibility index (Phi) is 4.34. The molecule has 0 spiro atoms. The van der Waals surface area contributed by atoms with Crippen LogP contribution in [0.15, 0.2) is 9.42 Å². The summed E-state index contributed by atoms with van der Waals surface area (Å²) >= 11 is 0. The van der Waals surface area contributed by atoms with Gasteiger partial charge in [-0.2, -0.15) is 13.2 Å². The maximum absolute atomic E-state index is 12.6. The van der Waals surface area contributed by atoms with Crippen LogP contribution in [0.4, 0.5) is 13.2 Å². The largest absolute Gasteiger partial charge is 0.391 e. The van der Waals surface area contributed by atoms with Crippen molar-refractivity contribution in [1.82, 2.24) is 9.88 Å². The molecule has 0 aromatic carbocycles. The van der Waals surface area contributed by atoms with E-state index >= 15 is 0 Å². The summed E-state index contributed by atoms with van der Waals surface area (Å²) < 4.78 is 69.5. The Morgan fingerprint density at radius 3 is 2.19 bits per heavy atom. The van der Waals surface area contributed by atoms with Crippen molar-refractivity contribution in [3.63, 3.8) is 0 Å². The second kappa shape index (κ2) is 5.60. The van der Waals surface area contributed by atoms with E-state index in [1.807, 2.05) is 0 Å². The molecule has 2 rings (SSSR count). The van der Waals surface area contributed by atoms with E-state index in [-0.39, 0.29) is 42.0 Å². The highest BCUT2D eigenvalue weighted by Gasteiger charge is 2.42. The van der Waals surface area contributed by atoms with Gasteiger partial charge in [-0.25, -0.2) is 13.1 Å². The SMILES string of the molecule is Cc1noc(C)c1S(=O)(=O)NC1CCC(C(F)(F)F)CC1. The van der Waals surface area contributed by atoms with Crippen LogP contribution in [0.2, 0.25) is 0 Å². The average Bonchev–Trinajstić information content (AvgIpc) is 2.68. The van der Waals surface area contributed by atoms with Crippen molar-refractivity contribution in [2.45, 2.75) is 56.6 Å². The predicted octanol–water partition coefficient (Wildman–Crippen LogP) is 2.69. The minimum Gasteiger partial charge on any atom is -0.360 e. The van der Waals surface area contributed by atoms with Crippen LogP contribution in [0.3, 0.4) is 0 Å². The molecule has 0 amide bonds. The van der Waals surface area contributed by atoms with E-state index in [1.54, 1.807) is 0 Å². The lowest BCUT2D eigenvalue weighted by molar-refractivity contribution is -0.182. The summed E-state index contributed by atoms with van der Waals surface area (Å²) in [6, 6.07) is -0.484. The number of sulfonamides is 1. The minimum absolute atomic E-state index is 0.0274. The zero-order valence-electron chi connectivity index (χ0n) is 11.7. The van der Waals surface area contributed by atoms with Gasteiger partial charge >= 0.3 is 6.18 Å². The number of halogens is 3. The fourth-order valence-electron chi connectivity index (χ4n) is 2.68. The first-order valence-corrected chi connectivity index (χ1v) is 8.11. The number of nitrogens with zero attached hydrogens (tertiary/aromatic N) is 1. The van der Waals surface area contributed by atoms with E-state index in [1.165, 1.54) is 13.8 Å². The molecule has 120 valence electrons. The third-order valence-electron chi connectivity index (χ3n) is 3.75. The third-order valence-corrected chi connectivity index (χ3v) is 5.51. The Labute approximate surface area is 120 Å². The first-order valence-electron chi connectivity index (χ1n) is 6.63. The molecule has 0 unspecified atom stereocenters. The van der Waals surface area contributed by atoms with Crippen LogP contribution in [0.1, 0.15) is 37.1 Å². The lowest BCUT2D eigenvalue weighted by Gasteiger charge is -2.30. The standard InChI is InChI=1S/C12H17F3N2O3S/c1-7-11(8(2)20-16-7)21(18,19)17-10-5-3-9(4-6-10)12(13,14)15/h9-10,17H,3-6H2,1-2H3. The predicted molar refractivity (Wildman–Crippen MR) is 68.1 cm³/mol. The van der Waals surface area contributed by atoms with Crippen LogP contribution >= 0.6 is 0 Å². The number of alkyl halides is 3. The van der Waals surface area contributed by atoms with Gasteiger partial charge in [-0.15, -0.1) is 0 Å². The van der Waals surface area contributed by atoms with Gasteiger partial charge in [0.05, 0.1) is 5.92 Å². The second-order valence-electron chi connectivity index (χ2n) is 5.36. The Hall–Kier alpha value is -1.09. The van der Waals surface area contributed by atoms with Crippen LogP contribution in [0, 0.1) is 19.8 Å². The van der Waals surface area contributed by atoms with Crippen LogP contribution in [-0.2, 0) is 10.0 Å². The lowest BCUT2D eigenvalue weighted by atomic mass is 9.86. The zero-order chi connectivity index (χ0) is 15.8. The van der Waals surface area contributed by atoms with Crippen LogP contribution in [0.5, 0.6) is 0 Å². The third kappa shape index (κ3) is 3.57. The molecule has 1 saturated carbocycles. The molecule has 0 bridgehead atoms. The number of hydrogen-bond donors (Lipinski definition) is 1. The van der Waals surface area contributed by atoms with Crippen molar-refractivity contribution in [3.05, 3.63) is 11.5 Å². The summed E-state index contributed by atoms with van der Waals surface area (Å²) in [5, 5.41) is 3.58. The summed E-state index contributed by atoms with van der Waals surface area (Å²) in [5.74, 6) is -1.17. The first-order chi connectivity index (χ1) is 9.61. The Balaban J connectivity index is 2.04. The fraction of sp³-hybridized carbons (Fsp3) is 0.750. The van der Waals surface area contributed by atoms with Gasteiger partial charge in [0.25, 0.3) is 0 Å². The number of rotatable bonds is 3. The zero-order valence-corrected chi connectivity index (χ0v) is 12.5. The highest BCUT2D eigenvalue weighted by Crippen LogP contribution is 2.37. The van der Waals surface area contributed by atoms with E-state index in [0.717, 1.165) is 0 Å². The fourth-order valence-corrected chi connectivity index (χ4v) is 4.31. The molecule has 1 heterocycles. The molecule has 0 radical (unpaired) electrons. The Morgan fingerprint density at radius 1 is 1.19 bits per heavy atom. The van der Waals surface area contributed by atoms with Crippen LogP contribution < -0.4 is 4.72 Å². The van der Waals surface area contributed by atoms with E-state index in [2.05, 4.69) is 9.88 Å². The van der Waals surface area contributed by atoms with Crippen molar-refractivity contribution in [1.29, 1.82) is 0 Å². The van der Waals surface area contributed by atoms with E-state index in [0.29, 0.717) is 0 Å². The average molecular weight is 326 g/mol. The van der Waals surface area contributed by atoms with Gasteiger partial charge in [0.2, 0.25) is 10.0 Å². The van der Waals surface area contributed by atoms with E-state index in [9.17, 15) is 21.6 Å². The molecule has 0 aliphatic heterocycles. The summed E-state index contributed by atoms with van der Waals surface area (Å²) in [6.07, 6.45) is -3.97. The molecule has 1 aromatic rings. The van der Waals surface area contributed by atoms with Crippen molar-refractivity contribution < 1.29 is 26.1 Å². The molecule has 1 aliphatic carbocycles. The molecule has 9 heteroatoms. The molecular formula is C12H17F3N2O3S. The monoisotopic (exact) mass is 326 g/mol. The molecule has 1 aromatic heterocycles. The molecule has 1 N–H and O–H groups in total. The summed E-state index contributed by atoms with van der Waals surface area (Å²) in [5.41, 5.74) is 0.240. The van der Waals surface area contributed by atoms with Gasteiger partial charge < -0.3 is 4.52 Å². The highest BCUT2D eigenvalue weighted by atomic mass is 32.2. The molecule has 1 fully saturated rings. The molecule has 21 heavy (non-hydrogen) atoms. The summed E-state index contributed by atoms with van der Waals surface area (Å²) in [4.78, 5) is -0.0274. The number of aryl methyl sites for hydroxylation is 2. The topological polar surface area (TPSA) is 72.2 Å². The van der Waals surface area contributed by atoms with Gasteiger partial charge in [0, 0.05) is 6.04 Å². The molecule has 5 nitrogen and oxygen atoms in total.